The highest BCUT2D eigenvalue weighted by molar-refractivity contribution is 7.99. The van der Waals surface area contributed by atoms with Crippen molar-refractivity contribution < 1.29 is 9.61 Å². The van der Waals surface area contributed by atoms with Crippen molar-refractivity contribution >= 4 is 17.7 Å². The molecule has 6 nitrogen and oxygen atoms in total. The zero-order valence-electron chi connectivity index (χ0n) is 6.52. The van der Waals surface area contributed by atoms with Gasteiger partial charge in [0.05, 0.1) is 13.1 Å². The molecule has 12 heavy (non-hydrogen) atoms. The van der Waals surface area contributed by atoms with E-state index in [4.69, 9.17) is 5.73 Å². The number of nitrogens with one attached hydrogen (secondary N) is 1. The molecule has 0 unspecified atom stereocenters. The number of thioether (sulfide) groups is 1. The average molecular weight is 191 g/mol. The van der Waals surface area contributed by atoms with Crippen LogP contribution in [0.1, 0.15) is 0 Å². The van der Waals surface area contributed by atoms with Gasteiger partial charge in [0.15, 0.2) is 0 Å². The quantitative estimate of drug-likeness (QED) is 0.236. The molecule has 0 aliphatic carbocycles. The largest absolute Gasteiger partial charge is 0.406 e. The summed E-state index contributed by atoms with van der Waals surface area (Å²) in [5.41, 5.74) is 7.38. The van der Waals surface area contributed by atoms with Crippen molar-refractivity contribution in [2.75, 3.05) is 24.6 Å². The summed E-state index contributed by atoms with van der Waals surface area (Å²) >= 11 is 1.83. The maximum atomic E-state index is 10.0. The fourth-order valence-electron chi connectivity index (χ4n) is 0.968. The van der Waals surface area contributed by atoms with Gasteiger partial charge in [-0.1, -0.05) is 0 Å². The molecule has 0 atom stereocenters. The van der Waals surface area contributed by atoms with E-state index in [0.717, 1.165) is 24.6 Å². The number of nitrogens with zero attached hydrogens (tertiary/aromatic N) is 2. The Labute approximate surface area is 73.9 Å². The molecule has 68 valence electrons. The molecule has 0 amide bonds. The highest BCUT2D eigenvalue weighted by Crippen LogP contribution is 2.04. The van der Waals surface area contributed by atoms with Gasteiger partial charge in [0.25, 0.3) is 0 Å². The molecule has 0 aromatic heterocycles. The van der Waals surface area contributed by atoms with Crippen LogP contribution in [0.15, 0.2) is 0 Å². The molecule has 1 rings (SSSR count). The Hall–Kier alpha value is -0.980. The first kappa shape index (κ1) is 9.11. The molecular formula is C5H11N4O2S+. The van der Waals surface area contributed by atoms with Crippen molar-refractivity contribution in [3.05, 3.63) is 10.1 Å². The van der Waals surface area contributed by atoms with Crippen molar-refractivity contribution in [2.45, 2.75) is 0 Å². The fraction of sp³-hybridized carbons (Fsp3) is 0.800. The van der Waals surface area contributed by atoms with Gasteiger partial charge in [-0.3, -0.25) is 10.3 Å². The van der Waals surface area contributed by atoms with Crippen molar-refractivity contribution in [1.29, 1.82) is 0 Å². The SMILES string of the molecule is NC(N[N+](=O)[O-])=[N+]1CCSCC1. The molecule has 0 bridgehead atoms. The molecule has 3 N–H and O–H groups in total. The molecular weight excluding hydrogens is 180 g/mol. The number of hydrogen-bond acceptors (Lipinski definition) is 3. The lowest BCUT2D eigenvalue weighted by molar-refractivity contribution is -0.565. The van der Waals surface area contributed by atoms with E-state index in [1.807, 2.05) is 17.2 Å². The second-order valence-corrected chi connectivity index (χ2v) is 3.58. The molecule has 1 aliphatic heterocycles. The minimum absolute atomic E-state index is 0.139. The van der Waals surface area contributed by atoms with Gasteiger partial charge >= 0.3 is 5.96 Å². The number of nitrogens with two attached hydrogens (primary N) is 1. The summed E-state index contributed by atoms with van der Waals surface area (Å²) in [6.45, 7) is 1.55. The maximum Gasteiger partial charge on any atom is 0.406 e. The monoisotopic (exact) mass is 191 g/mol. The molecule has 0 radical (unpaired) electrons. The van der Waals surface area contributed by atoms with Gasteiger partial charge in [0.2, 0.25) is 5.03 Å². The van der Waals surface area contributed by atoms with E-state index in [-0.39, 0.29) is 5.96 Å². The van der Waals surface area contributed by atoms with Crippen LogP contribution in [0.25, 0.3) is 0 Å². The first-order chi connectivity index (χ1) is 5.70. The predicted molar refractivity (Wildman–Crippen MR) is 46.6 cm³/mol. The third-order valence-electron chi connectivity index (χ3n) is 1.56. The number of rotatable bonds is 1. The van der Waals surface area contributed by atoms with Crippen molar-refractivity contribution in [3.63, 3.8) is 0 Å². The molecule has 7 heteroatoms. The lowest BCUT2D eigenvalue weighted by Gasteiger charge is -2.13. The number of hydrogen-bond donors (Lipinski definition) is 2. The van der Waals surface area contributed by atoms with Crippen LogP contribution >= 0.6 is 11.8 Å². The molecule has 1 heterocycles. The smallest absolute Gasteiger partial charge is 0.286 e. The lowest BCUT2D eigenvalue weighted by atomic mass is 10.6. The van der Waals surface area contributed by atoms with E-state index in [1.54, 1.807) is 4.58 Å². The average Bonchev–Trinajstić information content (AvgIpc) is 2.05. The van der Waals surface area contributed by atoms with E-state index < -0.39 is 5.03 Å². The van der Waals surface area contributed by atoms with Crippen LogP contribution in [-0.4, -0.2) is 40.2 Å². The highest BCUT2D eigenvalue weighted by atomic mass is 32.2. The second kappa shape index (κ2) is 4.15. The predicted octanol–water partition coefficient (Wildman–Crippen LogP) is -1.16. The zero-order chi connectivity index (χ0) is 8.97. The van der Waals surface area contributed by atoms with E-state index >= 15 is 0 Å². The third kappa shape index (κ3) is 2.57. The van der Waals surface area contributed by atoms with Crippen LogP contribution in [0.5, 0.6) is 0 Å². The van der Waals surface area contributed by atoms with Crippen LogP contribution in [0.3, 0.4) is 0 Å². The van der Waals surface area contributed by atoms with E-state index in [1.165, 1.54) is 0 Å². The van der Waals surface area contributed by atoms with E-state index in [9.17, 15) is 10.1 Å². The molecule has 1 fully saturated rings. The van der Waals surface area contributed by atoms with Crippen LogP contribution in [0, 0.1) is 10.1 Å². The summed E-state index contributed by atoms with van der Waals surface area (Å²) in [5.74, 6) is 2.08. The highest BCUT2D eigenvalue weighted by Gasteiger charge is 2.16. The second-order valence-electron chi connectivity index (χ2n) is 2.35. The zero-order valence-corrected chi connectivity index (χ0v) is 7.34. The Balaban J connectivity index is 2.54. The molecule has 0 saturated carbocycles. The number of nitro groups is 1. The third-order valence-corrected chi connectivity index (χ3v) is 2.50. The molecule has 0 spiro atoms. The summed E-state index contributed by atoms with van der Waals surface area (Å²) in [7, 11) is 0. The van der Waals surface area contributed by atoms with Crippen molar-refractivity contribution in [2.24, 2.45) is 5.73 Å². The number of hydrazine groups is 1. The van der Waals surface area contributed by atoms with Gasteiger partial charge in [0.1, 0.15) is 0 Å². The Morgan fingerprint density at radius 2 is 2.17 bits per heavy atom. The topological polar surface area (TPSA) is 84.2 Å². The molecule has 0 aromatic rings. The van der Waals surface area contributed by atoms with Gasteiger partial charge in [-0.2, -0.15) is 11.8 Å². The van der Waals surface area contributed by atoms with Gasteiger partial charge in [-0.15, -0.1) is 0 Å². The van der Waals surface area contributed by atoms with Gasteiger partial charge in [-0.05, 0) is 0 Å². The Bertz CT molecular complexity index is 209. The van der Waals surface area contributed by atoms with Crippen LogP contribution in [0.2, 0.25) is 0 Å². The van der Waals surface area contributed by atoms with E-state index in [0.29, 0.717) is 0 Å². The maximum absolute atomic E-state index is 10.0. The standard InChI is InChI=1S/C5H10N4O2S/c6-5(7-9(10)11)8-1-3-12-4-2-8/h1-4H2,(H2,6,7)/p+1. The first-order valence-corrected chi connectivity index (χ1v) is 4.72. The summed E-state index contributed by atoms with van der Waals surface area (Å²) in [5, 5.41) is 9.37. The Morgan fingerprint density at radius 3 is 2.67 bits per heavy atom. The van der Waals surface area contributed by atoms with E-state index in [2.05, 4.69) is 0 Å². The van der Waals surface area contributed by atoms with Crippen molar-refractivity contribution in [3.8, 4) is 0 Å². The Kier molecular flexibility index (Phi) is 3.15. The summed E-state index contributed by atoms with van der Waals surface area (Å²) in [4.78, 5) is 10.0. The number of guanidine groups is 1. The van der Waals surface area contributed by atoms with Gasteiger partial charge < -0.3 is 0 Å². The van der Waals surface area contributed by atoms with Crippen LogP contribution < -0.4 is 11.2 Å². The van der Waals surface area contributed by atoms with Gasteiger partial charge in [-0.25, -0.2) is 10.1 Å². The summed E-state index contributed by atoms with van der Waals surface area (Å²) < 4.78 is 1.78. The van der Waals surface area contributed by atoms with Crippen molar-refractivity contribution in [1.82, 2.24) is 5.43 Å². The lowest BCUT2D eigenvalue weighted by Crippen LogP contribution is -2.45. The minimum atomic E-state index is -0.642. The minimum Gasteiger partial charge on any atom is -0.286 e. The Morgan fingerprint density at radius 1 is 1.58 bits per heavy atom. The molecule has 1 aliphatic rings. The van der Waals surface area contributed by atoms with Crippen LogP contribution in [0.4, 0.5) is 0 Å². The van der Waals surface area contributed by atoms with Gasteiger partial charge in [0, 0.05) is 16.9 Å². The molecule has 0 aromatic carbocycles. The molecule has 1 saturated heterocycles. The first-order valence-electron chi connectivity index (χ1n) is 3.56. The summed E-state index contributed by atoms with van der Waals surface area (Å²) in [6.07, 6.45) is 0. The normalized spacial score (nSPS) is 17.2. The fourth-order valence-corrected chi connectivity index (χ4v) is 1.87. The van der Waals surface area contributed by atoms with Crippen LogP contribution in [-0.2, 0) is 0 Å². The summed E-state index contributed by atoms with van der Waals surface area (Å²) in [6, 6.07) is 0.